The maximum Gasteiger partial charge on any atom is 0.272 e. The van der Waals surface area contributed by atoms with Crippen LogP contribution in [0.5, 0.6) is 0 Å². The maximum atomic E-state index is 12.3. The minimum Gasteiger partial charge on any atom is -0.349 e. The van der Waals surface area contributed by atoms with E-state index in [9.17, 15) is 14.4 Å². The van der Waals surface area contributed by atoms with Gasteiger partial charge < -0.3 is 5.32 Å². The largest absolute Gasteiger partial charge is 0.349 e. The van der Waals surface area contributed by atoms with E-state index < -0.39 is 0 Å². The molecule has 3 rings (SSSR count). The summed E-state index contributed by atoms with van der Waals surface area (Å²) < 4.78 is 1.17. The standard InChI is InChI=1S/C15H19N5O3/c1-9-2-3-11-10(8-9)14(18-17-11)15(23)16-6-7-20-13(22)5-4-12(21)19-20/h4-5,9H,2-3,6-8H2,1H3,(H,16,23)(H,17,18)(H,19,21)/t9-/m0/s1. The molecular weight excluding hydrogens is 298 g/mol. The summed E-state index contributed by atoms with van der Waals surface area (Å²) in [7, 11) is 0. The van der Waals surface area contributed by atoms with Crippen molar-refractivity contribution in [3.63, 3.8) is 0 Å². The van der Waals surface area contributed by atoms with E-state index in [0.29, 0.717) is 11.6 Å². The lowest BCUT2D eigenvalue weighted by Gasteiger charge is -2.18. The fourth-order valence-corrected chi connectivity index (χ4v) is 2.85. The van der Waals surface area contributed by atoms with Gasteiger partial charge >= 0.3 is 0 Å². The average molecular weight is 317 g/mol. The van der Waals surface area contributed by atoms with Gasteiger partial charge in [0.05, 0.1) is 6.54 Å². The third kappa shape index (κ3) is 3.25. The Bertz CT molecular complexity index is 832. The van der Waals surface area contributed by atoms with Crippen LogP contribution in [0, 0.1) is 5.92 Å². The number of nitrogens with zero attached hydrogens (tertiary/aromatic N) is 2. The first kappa shape index (κ1) is 15.3. The van der Waals surface area contributed by atoms with Crippen LogP contribution in [0.25, 0.3) is 0 Å². The van der Waals surface area contributed by atoms with Crippen LogP contribution in [-0.4, -0.2) is 32.4 Å². The van der Waals surface area contributed by atoms with Gasteiger partial charge in [0.15, 0.2) is 5.69 Å². The molecule has 0 unspecified atom stereocenters. The highest BCUT2D eigenvalue weighted by molar-refractivity contribution is 5.94. The molecule has 0 aliphatic heterocycles. The van der Waals surface area contributed by atoms with Gasteiger partial charge in [0.1, 0.15) is 0 Å². The molecule has 3 N–H and O–H groups in total. The minimum absolute atomic E-state index is 0.198. The zero-order chi connectivity index (χ0) is 16.4. The van der Waals surface area contributed by atoms with E-state index >= 15 is 0 Å². The molecule has 1 aliphatic rings. The number of hydrogen-bond donors (Lipinski definition) is 3. The molecule has 0 saturated heterocycles. The van der Waals surface area contributed by atoms with Crippen molar-refractivity contribution in [2.75, 3.05) is 6.54 Å². The fourth-order valence-electron chi connectivity index (χ4n) is 2.85. The van der Waals surface area contributed by atoms with E-state index in [1.165, 1.54) is 16.8 Å². The Morgan fingerprint density at radius 3 is 3.09 bits per heavy atom. The molecule has 122 valence electrons. The van der Waals surface area contributed by atoms with Gasteiger partial charge in [0.25, 0.3) is 17.0 Å². The number of fused-ring (bicyclic) bond motifs is 1. The second-order valence-electron chi connectivity index (χ2n) is 5.93. The first-order valence-corrected chi connectivity index (χ1v) is 7.69. The predicted octanol–water partition coefficient (Wildman–Crippen LogP) is -0.185. The second-order valence-corrected chi connectivity index (χ2v) is 5.93. The van der Waals surface area contributed by atoms with Gasteiger partial charge in [0, 0.05) is 29.9 Å². The number of amides is 1. The van der Waals surface area contributed by atoms with Crippen LogP contribution >= 0.6 is 0 Å². The number of nitrogens with one attached hydrogen (secondary N) is 3. The van der Waals surface area contributed by atoms with Crippen molar-refractivity contribution in [2.45, 2.75) is 32.7 Å². The van der Waals surface area contributed by atoms with Crippen molar-refractivity contribution in [1.29, 1.82) is 0 Å². The molecule has 23 heavy (non-hydrogen) atoms. The Balaban J connectivity index is 1.64. The van der Waals surface area contributed by atoms with Gasteiger partial charge in [0.2, 0.25) is 0 Å². The van der Waals surface area contributed by atoms with Crippen molar-refractivity contribution < 1.29 is 4.79 Å². The summed E-state index contributed by atoms with van der Waals surface area (Å²) in [5, 5.41) is 12.2. The number of hydrogen-bond acceptors (Lipinski definition) is 4. The first-order chi connectivity index (χ1) is 11.0. The van der Waals surface area contributed by atoms with E-state index in [2.05, 4.69) is 27.5 Å². The zero-order valence-electron chi connectivity index (χ0n) is 12.9. The van der Waals surface area contributed by atoms with Crippen molar-refractivity contribution in [1.82, 2.24) is 25.3 Å². The Kier molecular flexibility index (Phi) is 4.14. The third-order valence-corrected chi connectivity index (χ3v) is 4.12. The van der Waals surface area contributed by atoms with E-state index in [0.717, 1.165) is 30.5 Å². The second kappa shape index (κ2) is 6.23. The van der Waals surface area contributed by atoms with Crippen molar-refractivity contribution in [3.05, 3.63) is 49.8 Å². The van der Waals surface area contributed by atoms with Crippen molar-refractivity contribution in [3.8, 4) is 0 Å². The number of H-pyrrole nitrogens is 2. The molecule has 0 saturated carbocycles. The Morgan fingerprint density at radius 1 is 1.43 bits per heavy atom. The summed E-state index contributed by atoms with van der Waals surface area (Å²) in [6.45, 7) is 2.59. The van der Waals surface area contributed by atoms with E-state index in [1.54, 1.807) is 0 Å². The highest BCUT2D eigenvalue weighted by atomic mass is 16.2. The lowest BCUT2D eigenvalue weighted by atomic mass is 9.88. The molecule has 1 amide bonds. The van der Waals surface area contributed by atoms with Crippen LogP contribution in [-0.2, 0) is 19.4 Å². The molecule has 2 aromatic heterocycles. The molecule has 0 aromatic carbocycles. The number of aromatic amines is 2. The van der Waals surface area contributed by atoms with E-state index in [-0.39, 0.29) is 30.1 Å². The lowest BCUT2D eigenvalue weighted by molar-refractivity contribution is 0.0945. The fraction of sp³-hybridized carbons (Fsp3) is 0.467. The Hall–Kier alpha value is -2.64. The number of carbonyl (C=O) groups is 1. The summed E-state index contributed by atoms with van der Waals surface area (Å²) in [5.74, 6) is 0.280. The molecule has 8 nitrogen and oxygen atoms in total. The molecule has 0 bridgehead atoms. The molecule has 0 fully saturated rings. The van der Waals surface area contributed by atoms with Crippen LogP contribution < -0.4 is 16.4 Å². The highest BCUT2D eigenvalue weighted by Crippen LogP contribution is 2.25. The minimum atomic E-state index is -0.355. The first-order valence-electron chi connectivity index (χ1n) is 7.69. The van der Waals surface area contributed by atoms with Gasteiger partial charge in [-0.25, -0.2) is 4.68 Å². The van der Waals surface area contributed by atoms with Crippen LogP contribution in [0.4, 0.5) is 0 Å². The van der Waals surface area contributed by atoms with Gasteiger partial charge in [-0.3, -0.25) is 24.6 Å². The van der Waals surface area contributed by atoms with E-state index in [4.69, 9.17) is 0 Å². The molecule has 1 atom stereocenters. The van der Waals surface area contributed by atoms with Gasteiger partial charge in [-0.1, -0.05) is 6.92 Å². The summed E-state index contributed by atoms with van der Waals surface area (Å²) in [6, 6.07) is 2.38. The molecule has 0 radical (unpaired) electrons. The molecule has 8 heteroatoms. The monoisotopic (exact) mass is 317 g/mol. The Morgan fingerprint density at radius 2 is 2.26 bits per heavy atom. The molecule has 0 spiro atoms. The maximum absolute atomic E-state index is 12.3. The molecular formula is C15H19N5O3. The summed E-state index contributed by atoms with van der Waals surface area (Å²) in [4.78, 5) is 35.0. The highest BCUT2D eigenvalue weighted by Gasteiger charge is 2.24. The SMILES string of the molecule is C[C@H]1CCc2[nH]nc(C(=O)NCCn3[nH]c(=O)ccc3=O)c2C1. The molecule has 1 aliphatic carbocycles. The lowest BCUT2D eigenvalue weighted by Crippen LogP contribution is -2.34. The van der Waals surface area contributed by atoms with Crippen molar-refractivity contribution >= 4 is 5.91 Å². The van der Waals surface area contributed by atoms with Crippen LogP contribution in [0.3, 0.4) is 0 Å². The number of aromatic nitrogens is 4. The molecule has 2 heterocycles. The van der Waals surface area contributed by atoms with Gasteiger partial charge in [-0.15, -0.1) is 0 Å². The number of rotatable bonds is 4. The number of aryl methyl sites for hydroxylation is 1. The summed E-state index contributed by atoms with van der Waals surface area (Å²) in [5.41, 5.74) is 1.79. The van der Waals surface area contributed by atoms with Crippen LogP contribution in [0.2, 0.25) is 0 Å². The van der Waals surface area contributed by atoms with Gasteiger partial charge in [-0.05, 0) is 25.2 Å². The van der Waals surface area contributed by atoms with Crippen molar-refractivity contribution in [2.24, 2.45) is 5.92 Å². The van der Waals surface area contributed by atoms with Gasteiger partial charge in [-0.2, -0.15) is 5.10 Å². The smallest absolute Gasteiger partial charge is 0.272 e. The quantitative estimate of drug-likeness (QED) is 0.725. The zero-order valence-corrected chi connectivity index (χ0v) is 12.9. The molecule has 2 aromatic rings. The van der Waals surface area contributed by atoms with Crippen LogP contribution in [0.15, 0.2) is 21.7 Å². The van der Waals surface area contributed by atoms with Crippen LogP contribution in [0.1, 0.15) is 35.1 Å². The van der Waals surface area contributed by atoms with E-state index in [1.807, 2.05) is 0 Å². The normalized spacial score (nSPS) is 16.8. The third-order valence-electron chi connectivity index (χ3n) is 4.12. The number of carbonyl (C=O) groups excluding carboxylic acids is 1. The topological polar surface area (TPSA) is 113 Å². The average Bonchev–Trinajstić information content (AvgIpc) is 2.93. The predicted molar refractivity (Wildman–Crippen MR) is 83.4 cm³/mol. The summed E-state index contributed by atoms with van der Waals surface area (Å²) >= 11 is 0. The summed E-state index contributed by atoms with van der Waals surface area (Å²) in [6.07, 6.45) is 2.86. The Labute approximate surface area is 131 Å².